The predicted octanol–water partition coefficient (Wildman–Crippen LogP) is 1.54. The summed E-state index contributed by atoms with van der Waals surface area (Å²) >= 11 is 0. The van der Waals surface area contributed by atoms with Crippen LogP contribution < -0.4 is 0 Å². The van der Waals surface area contributed by atoms with Crippen LogP contribution in [0.4, 0.5) is 5.69 Å². The van der Waals surface area contributed by atoms with Crippen LogP contribution in [-0.2, 0) is 0 Å². The SMILES string of the molecule is OC[C@H](O)[C@H](O)[C@H](O)[C@@H](O)C=Nc1ccc(/C=C/c2ccnc3ccccc23)cc1. The van der Waals surface area contributed by atoms with Gasteiger partial charge in [-0.15, -0.1) is 0 Å². The van der Waals surface area contributed by atoms with Gasteiger partial charge in [-0.25, -0.2) is 0 Å². The van der Waals surface area contributed by atoms with E-state index in [-0.39, 0.29) is 0 Å². The molecule has 0 unspecified atom stereocenters. The van der Waals surface area contributed by atoms with E-state index >= 15 is 0 Å². The third-order valence-electron chi connectivity index (χ3n) is 4.69. The Morgan fingerprint density at radius 2 is 1.60 bits per heavy atom. The lowest BCUT2D eigenvalue weighted by atomic mass is 10.0. The fraction of sp³-hybridized carbons (Fsp3) is 0.217. The molecule has 0 bridgehead atoms. The lowest BCUT2D eigenvalue weighted by Crippen LogP contribution is -2.46. The number of hydrogen-bond acceptors (Lipinski definition) is 7. The van der Waals surface area contributed by atoms with Gasteiger partial charge in [0, 0.05) is 17.8 Å². The number of rotatable bonds is 8. The predicted molar refractivity (Wildman–Crippen MR) is 116 cm³/mol. The summed E-state index contributed by atoms with van der Waals surface area (Å²) in [5, 5.41) is 48.5. The van der Waals surface area contributed by atoms with Gasteiger partial charge in [-0.3, -0.25) is 9.98 Å². The van der Waals surface area contributed by atoms with Crippen molar-refractivity contribution in [1.82, 2.24) is 4.98 Å². The maximum atomic E-state index is 9.88. The monoisotopic (exact) mass is 408 g/mol. The molecule has 7 nitrogen and oxygen atoms in total. The fourth-order valence-electron chi connectivity index (χ4n) is 2.91. The van der Waals surface area contributed by atoms with Gasteiger partial charge in [-0.05, 0) is 35.4 Å². The first-order valence-electron chi connectivity index (χ1n) is 9.49. The number of aliphatic imine (C=N–C) groups is 1. The molecule has 156 valence electrons. The van der Waals surface area contributed by atoms with E-state index in [1.54, 1.807) is 18.3 Å². The first-order valence-corrected chi connectivity index (χ1v) is 9.49. The number of fused-ring (bicyclic) bond motifs is 1. The molecule has 0 saturated carbocycles. The van der Waals surface area contributed by atoms with Crippen molar-refractivity contribution in [2.75, 3.05) is 6.61 Å². The van der Waals surface area contributed by atoms with Gasteiger partial charge in [0.1, 0.15) is 24.4 Å². The molecule has 1 aromatic heterocycles. The molecule has 3 rings (SSSR count). The van der Waals surface area contributed by atoms with E-state index < -0.39 is 31.0 Å². The molecule has 0 radical (unpaired) electrons. The number of aliphatic hydroxyl groups excluding tert-OH is 5. The van der Waals surface area contributed by atoms with Crippen molar-refractivity contribution in [3.05, 3.63) is 71.9 Å². The minimum absolute atomic E-state index is 0.546. The lowest BCUT2D eigenvalue weighted by molar-refractivity contribution is -0.0999. The summed E-state index contributed by atoms with van der Waals surface area (Å²) in [6, 6.07) is 17.1. The highest BCUT2D eigenvalue weighted by Crippen LogP contribution is 2.20. The van der Waals surface area contributed by atoms with Crippen molar-refractivity contribution in [1.29, 1.82) is 0 Å². The number of nitrogens with zero attached hydrogens (tertiary/aromatic N) is 2. The van der Waals surface area contributed by atoms with Gasteiger partial charge < -0.3 is 25.5 Å². The average molecular weight is 408 g/mol. The molecule has 30 heavy (non-hydrogen) atoms. The van der Waals surface area contributed by atoms with Gasteiger partial charge in [0.25, 0.3) is 0 Å². The van der Waals surface area contributed by atoms with Crippen LogP contribution in [0.15, 0.2) is 65.8 Å². The molecule has 0 amide bonds. The summed E-state index contributed by atoms with van der Waals surface area (Å²) in [6.45, 7) is -0.730. The molecule has 7 heteroatoms. The quantitative estimate of drug-likeness (QED) is 0.360. The van der Waals surface area contributed by atoms with E-state index in [4.69, 9.17) is 5.11 Å². The van der Waals surface area contributed by atoms with Gasteiger partial charge in [-0.2, -0.15) is 0 Å². The zero-order chi connectivity index (χ0) is 21.5. The summed E-state index contributed by atoms with van der Waals surface area (Å²) in [6.07, 6.45) is 0.424. The number of pyridine rings is 1. The molecular weight excluding hydrogens is 384 g/mol. The average Bonchev–Trinajstić information content (AvgIpc) is 2.80. The summed E-state index contributed by atoms with van der Waals surface area (Å²) in [5.74, 6) is 0. The van der Waals surface area contributed by atoms with E-state index in [0.717, 1.165) is 28.2 Å². The Labute approximate surface area is 173 Å². The Hall–Kier alpha value is -2.94. The molecular formula is C23H24N2O5. The van der Waals surface area contributed by atoms with Crippen LogP contribution in [0.1, 0.15) is 11.1 Å². The third-order valence-corrected chi connectivity index (χ3v) is 4.69. The highest BCUT2D eigenvalue weighted by atomic mass is 16.4. The molecule has 4 atom stereocenters. The summed E-state index contributed by atoms with van der Waals surface area (Å²) in [4.78, 5) is 8.42. The standard InChI is InChI=1S/C23H24N2O5/c26-14-21(28)23(30)22(29)20(27)13-25-17-9-6-15(7-10-17)5-8-16-11-12-24-19-4-2-1-3-18(16)19/h1-13,20-23,26-30H,14H2/b8-5+,25-13?/t20-,21-,22+,23-/m0/s1. The zero-order valence-corrected chi connectivity index (χ0v) is 16.2. The third kappa shape index (κ3) is 5.35. The van der Waals surface area contributed by atoms with Crippen LogP contribution >= 0.6 is 0 Å². The van der Waals surface area contributed by atoms with Gasteiger partial charge in [-0.1, -0.05) is 42.5 Å². The Balaban J connectivity index is 1.66. The molecule has 0 aliphatic carbocycles. The van der Waals surface area contributed by atoms with Crippen molar-refractivity contribution >= 4 is 35.0 Å². The van der Waals surface area contributed by atoms with Crippen molar-refractivity contribution in [2.24, 2.45) is 4.99 Å². The first-order chi connectivity index (χ1) is 14.5. The number of benzene rings is 2. The summed E-state index contributed by atoms with van der Waals surface area (Å²) < 4.78 is 0. The molecule has 0 fully saturated rings. The van der Waals surface area contributed by atoms with Crippen LogP contribution in [0.2, 0.25) is 0 Å². The van der Waals surface area contributed by atoms with Crippen molar-refractivity contribution in [3.8, 4) is 0 Å². The van der Waals surface area contributed by atoms with Crippen molar-refractivity contribution in [2.45, 2.75) is 24.4 Å². The van der Waals surface area contributed by atoms with E-state index in [1.165, 1.54) is 0 Å². The van der Waals surface area contributed by atoms with Crippen LogP contribution in [0.5, 0.6) is 0 Å². The molecule has 0 saturated heterocycles. The highest BCUT2D eigenvalue weighted by Gasteiger charge is 2.29. The number of hydrogen-bond donors (Lipinski definition) is 5. The van der Waals surface area contributed by atoms with E-state index in [9.17, 15) is 20.4 Å². The van der Waals surface area contributed by atoms with Crippen molar-refractivity contribution in [3.63, 3.8) is 0 Å². The number of aromatic nitrogens is 1. The van der Waals surface area contributed by atoms with E-state index in [1.807, 2.05) is 54.6 Å². The maximum Gasteiger partial charge on any atom is 0.118 e. The maximum absolute atomic E-state index is 9.88. The minimum Gasteiger partial charge on any atom is -0.394 e. The smallest absolute Gasteiger partial charge is 0.118 e. The second-order valence-electron chi connectivity index (χ2n) is 6.84. The summed E-state index contributed by atoms with van der Waals surface area (Å²) in [5.41, 5.74) is 3.49. The molecule has 0 aliphatic rings. The summed E-state index contributed by atoms with van der Waals surface area (Å²) in [7, 11) is 0. The highest BCUT2D eigenvalue weighted by molar-refractivity contribution is 5.90. The molecule has 3 aromatic rings. The fourth-order valence-corrected chi connectivity index (χ4v) is 2.91. The molecule has 0 spiro atoms. The first kappa shape index (κ1) is 21.8. The second kappa shape index (κ2) is 10.2. The Morgan fingerprint density at radius 3 is 2.33 bits per heavy atom. The topological polar surface area (TPSA) is 126 Å². The molecule has 5 N–H and O–H groups in total. The van der Waals surface area contributed by atoms with Gasteiger partial charge in [0.2, 0.25) is 0 Å². The second-order valence-corrected chi connectivity index (χ2v) is 6.84. The lowest BCUT2D eigenvalue weighted by Gasteiger charge is -2.23. The van der Waals surface area contributed by atoms with Crippen LogP contribution in [0, 0.1) is 0 Å². The van der Waals surface area contributed by atoms with E-state index in [0.29, 0.717) is 5.69 Å². The van der Waals surface area contributed by atoms with Crippen LogP contribution in [0.25, 0.3) is 23.1 Å². The van der Waals surface area contributed by atoms with Crippen LogP contribution in [-0.4, -0.2) is 67.8 Å². The van der Waals surface area contributed by atoms with Gasteiger partial charge in [0.15, 0.2) is 0 Å². The number of para-hydroxylation sites is 1. The van der Waals surface area contributed by atoms with E-state index in [2.05, 4.69) is 9.98 Å². The van der Waals surface area contributed by atoms with Crippen LogP contribution in [0.3, 0.4) is 0 Å². The molecule has 2 aromatic carbocycles. The Kier molecular flexibility index (Phi) is 7.40. The minimum atomic E-state index is -1.69. The van der Waals surface area contributed by atoms with Gasteiger partial charge >= 0.3 is 0 Å². The largest absolute Gasteiger partial charge is 0.394 e. The molecule has 1 heterocycles. The normalized spacial score (nSPS) is 16.2. The zero-order valence-electron chi connectivity index (χ0n) is 16.2. The van der Waals surface area contributed by atoms with Crippen molar-refractivity contribution < 1.29 is 25.5 Å². The Bertz CT molecular complexity index is 1010. The Morgan fingerprint density at radius 1 is 0.867 bits per heavy atom. The van der Waals surface area contributed by atoms with Gasteiger partial charge in [0.05, 0.1) is 17.8 Å². The molecule has 0 aliphatic heterocycles. The number of aliphatic hydroxyl groups is 5.